The molecule has 1 fully saturated rings. The summed E-state index contributed by atoms with van der Waals surface area (Å²) in [6.45, 7) is 3.61. The Morgan fingerprint density at radius 1 is 1.48 bits per heavy atom. The number of likely N-dealkylation sites (tertiary alicyclic amines) is 1. The fourth-order valence-corrected chi connectivity index (χ4v) is 3.94. The van der Waals surface area contributed by atoms with E-state index in [1.807, 2.05) is 14.1 Å². The number of rotatable bonds is 5. The number of fused-ring (bicyclic) bond motifs is 1. The molecule has 2 aromatic rings. The number of hydrogen-bond acceptors (Lipinski definition) is 5. The maximum atomic E-state index is 13.7. The summed E-state index contributed by atoms with van der Waals surface area (Å²) in [5.41, 5.74) is 0.0953. The number of benzene rings is 1. The maximum absolute atomic E-state index is 13.7. The maximum Gasteiger partial charge on any atom is 0.230 e. The average molecular weight is 370 g/mol. The Morgan fingerprint density at radius 2 is 2.28 bits per heavy atom. The number of halogens is 2. The molecule has 138 valence electrons. The summed E-state index contributed by atoms with van der Waals surface area (Å²) < 4.78 is 27.4. The lowest BCUT2D eigenvalue weighted by atomic mass is 9.97. The molecule has 1 atom stereocenters. The third kappa shape index (κ3) is 4.50. The number of nitrogens with zero attached hydrogens (tertiary/aromatic N) is 3. The van der Waals surface area contributed by atoms with E-state index in [0.717, 1.165) is 49.9 Å². The summed E-state index contributed by atoms with van der Waals surface area (Å²) in [6.07, 6.45) is 1.81. The molecule has 3 rings (SSSR count). The topological polar surface area (TPSA) is 48.5 Å². The van der Waals surface area contributed by atoms with Crippen molar-refractivity contribution in [1.82, 2.24) is 14.8 Å². The standard InChI is InChI=1S/C17H22F2N4OS.H2/c1-22(2)6-7-23-5-3-4-11(10-23)16(24)21-17-20-15-13(19)8-12(18)9-14(15)25-17;/h8-9,11H,3-7,10H2,1-2H3,(H,20,21,24);1H/t11-;/m1./s1. The second kappa shape index (κ2) is 7.72. The number of piperidine rings is 1. The molecule has 0 bridgehead atoms. The zero-order chi connectivity index (χ0) is 18.0. The van der Waals surface area contributed by atoms with Gasteiger partial charge in [-0.25, -0.2) is 13.8 Å². The highest BCUT2D eigenvalue weighted by Crippen LogP contribution is 2.29. The second-order valence-corrected chi connectivity index (χ2v) is 7.72. The summed E-state index contributed by atoms with van der Waals surface area (Å²) in [5.74, 6) is -1.56. The Bertz CT molecular complexity index is 771. The number of carbonyl (C=O) groups excluding carboxylic acids is 1. The van der Waals surface area contributed by atoms with Crippen molar-refractivity contribution in [3.8, 4) is 0 Å². The molecular formula is C17H24F2N4OS. The second-order valence-electron chi connectivity index (χ2n) is 6.69. The number of hydrogen-bond donors (Lipinski definition) is 1. The Morgan fingerprint density at radius 3 is 3.04 bits per heavy atom. The van der Waals surface area contributed by atoms with E-state index in [1.54, 1.807) is 0 Å². The van der Waals surface area contributed by atoms with E-state index in [2.05, 4.69) is 20.1 Å². The Kier molecular flexibility index (Phi) is 5.61. The first-order valence-corrected chi connectivity index (χ1v) is 9.17. The molecule has 1 aliphatic heterocycles. The van der Waals surface area contributed by atoms with Crippen molar-refractivity contribution in [3.63, 3.8) is 0 Å². The first-order valence-electron chi connectivity index (χ1n) is 8.36. The summed E-state index contributed by atoms with van der Waals surface area (Å²) in [5, 5.41) is 3.09. The van der Waals surface area contributed by atoms with E-state index >= 15 is 0 Å². The SMILES string of the molecule is CN(C)CCN1CCC[C@@H](C(=O)Nc2nc3c(F)cc(F)cc3s2)C1.[HH]. The Balaban J connectivity index is 0.00000243. The van der Waals surface area contributed by atoms with Crippen LogP contribution in [0.3, 0.4) is 0 Å². The molecule has 1 aromatic carbocycles. The normalized spacial score (nSPS) is 18.8. The monoisotopic (exact) mass is 370 g/mol. The van der Waals surface area contributed by atoms with Crippen LogP contribution in [0.5, 0.6) is 0 Å². The van der Waals surface area contributed by atoms with Crippen molar-refractivity contribution < 1.29 is 15.0 Å². The lowest BCUT2D eigenvalue weighted by molar-refractivity contribution is -0.121. The largest absolute Gasteiger partial charge is 0.308 e. The molecule has 1 aromatic heterocycles. The highest BCUT2D eigenvalue weighted by molar-refractivity contribution is 7.22. The molecule has 1 N–H and O–H groups in total. The van der Waals surface area contributed by atoms with Gasteiger partial charge in [-0.05, 0) is 39.5 Å². The van der Waals surface area contributed by atoms with E-state index in [1.165, 1.54) is 6.07 Å². The van der Waals surface area contributed by atoms with Crippen LogP contribution >= 0.6 is 11.3 Å². The first kappa shape index (κ1) is 18.2. The highest BCUT2D eigenvalue weighted by atomic mass is 32.1. The third-order valence-corrected chi connectivity index (χ3v) is 5.30. The summed E-state index contributed by atoms with van der Waals surface area (Å²) >= 11 is 1.09. The molecule has 0 aliphatic carbocycles. The van der Waals surface area contributed by atoms with Crippen LogP contribution < -0.4 is 5.32 Å². The average Bonchev–Trinajstić information content (AvgIpc) is 2.96. The van der Waals surface area contributed by atoms with Crippen molar-refractivity contribution in [2.75, 3.05) is 45.6 Å². The van der Waals surface area contributed by atoms with Crippen LogP contribution in [0.15, 0.2) is 12.1 Å². The zero-order valence-corrected chi connectivity index (χ0v) is 15.2. The van der Waals surface area contributed by atoms with Crippen LogP contribution in [0.1, 0.15) is 14.3 Å². The van der Waals surface area contributed by atoms with Gasteiger partial charge >= 0.3 is 0 Å². The number of carbonyl (C=O) groups is 1. The lowest BCUT2D eigenvalue weighted by Gasteiger charge is -2.32. The fraction of sp³-hybridized carbons (Fsp3) is 0.529. The van der Waals surface area contributed by atoms with Crippen molar-refractivity contribution in [3.05, 3.63) is 23.8 Å². The zero-order valence-electron chi connectivity index (χ0n) is 14.4. The molecule has 2 heterocycles. The lowest BCUT2D eigenvalue weighted by Crippen LogP contribution is -2.43. The molecule has 8 heteroatoms. The van der Waals surface area contributed by atoms with Crippen LogP contribution in [-0.2, 0) is 4.79 Å². The van der Waals surface area contributed by atoms with Gasteiger partial charge in [0.05, 0.1) is 10.6 Å². The van der Waals surface area contributed by atoms with Crippen molar-refractivity contribution in [1.29, 1.82) is 0 Å². The molecule has 5 nitrogen and oxygen atoms in total. The van der Waals surface area contributed by atoms with Crippen LogP contribution in [0.25, 0.3) is 10.2 Å². The molecular weight excluding hydrogens is 346 g/mol. The minimum Gasteiger partial charge on any atom is -0.308 e. The van der Waals surface area contributed by atoms with Gasteiger partial charge in [-0.2, -0.15) is 0 Å². The highest BCUT2D eigenvalue weighted by Gasteiger charge is 2.26. The molecule has 0 saturated carbocycles. The van der Waals surface area contributed by atoms with E-state index < -0.39 is 11.6 Å². The number of nitrogens with one attached hydrogen (secondary N) is 1. The summed E-state index contributed by atoms with van der Waals surface area (Å²) in [6, 6.07) is 2.03. The smallest absolute Gasteiger partial charge is 0.230 e. The molecule has 1 aliphatic rings. The van der Waals surface area contributed by atoms with Gasteiger partial charge in [-0.15, -0.1) is 0 Å². The number of anilines is 1. The predicted molar refractivity (Wildman–Crippen MR) is 98.0 cm³/mol. The number of thiazole rings is 1. The quantitative estimate of drug-likeness (QED) is 0.879. The van der Waals surface area contributed by atoms with Crippen LogP contribution in [0.2, 0.25) is 0 Å². The summed E-state index contributed by atoms with van der Waals surface area (Å²) in [7, 11) is 4.06. The van der Waals surface area contributed by atoms with Crippen molar-refractivity contribution >= 4 is 32.6 Å². The number of aromatic nitrogens is 1. The van der Waals surface area contributed by atoms with E-state index in [0.29, 0.717) is 16.4 Å². The molecule has 0 unspecified atom stereocenters. The minimum atomic E-state index is -0.709. The van der Waals surface area contributed by atoms with Crippen molar-refractivity contribution in [2.45, 2.75) is 12.8 Å². The molecule has 1 amide bonds. The first-order chi connectivity index (χ1) is 11.9. The third-order valence-electron chi connectivity index (χ3n) is 4.38. The van der Waals surface area contributed by atoms with Gasteiger partial charge in [0.2, 0.25) is 5.91 Å². The molecule has 0 radical (unpaired) electrons. The van der Waals surface area contributed by atoms with Gasteiger partial charge in [0.25, 0.3) is 0 Å². The van der Waals surface area contributed by atoms with Crippen LogP contribution in [-0.4, -0.2) is 61.0 Å². The Hall–Kier alpha value is -1.64. The van der Waals surface area contributed by atoms with Crippen LogP contribution in [0.4, 0.5) is 13.9 Å². The van der Waals surface area contributed by atoms with Gasteiger partial charge in [-0.1, -0.05) is 11.3 Å². The van der Waals surface area contributed by atoms with Gasteiger partial charge in [0, 0.05) is 27.1 Å². The summed E-state index contributed by atoms with van der Waals surface area (Å²) in [4.78, 5) is 21.0. The molecule has 25 heavy (non-hydrogen) atoms. The minimum absolute atomic E-state index is 0. The fourth-order valence-electron chi connectivity index (χ4n) is 3.03. The van der Waals surface area contributed by atoms with Crippen LogP contribution in [0, 0.1) is 17.6 Å². The van der Waals surface area contributed by atoms with E-state index in [4.69, 9.17) is 0 Å². The van der Waals surface area contributed by atoms with Gasteiger partial charge in [0.15, 0.2) is 10.9 Å². The molecule has 1 saturated heterocycles. The predicted octanol–water partition coefficient (Wildman–Crippen LogP) is 3.03. The molecule has 0 spiro atoms. The number of likely N-dealkylation sites (N-methyl/N-ethyl adjacent to an activating group) is 1. The Labute approximate surface area is 151 Å². The van der Waals surface area contributed by atoms with Crippen molar-refractivity contribution in [2.24, 2.45) is 5.92 Å². The van der Waals surface area contributed by atoms with E-state index in [9.17, 15) is 13.6 Å². The van der Waals surface area contributed by atoms with E-state index in [-0.39, 0.29) is 18.8 Å². The van der Waals surface area contributed by atoms with Gasteiger partial charge in [0.1, 0.15) is 11.3 Å². The number of amides is 1. The van der Waals surface area contributed by atoms with Gasteiger partial charge < -0.3 is 15.1 Å². The van der Waals surface area contributed by atoms with Gasteiger partial charge in [-0.3, -0.25) is 4.79 Å².